The van der Waals surface area contributed by atoms with Crippen molar-refractivity contribution in [2.75, 3.05) is 11.1 Å². The number of aromatic nitrogens is 1. The Morgan fingerprint density at radius 3 is 2.72 bits per heavy atom. The molecular formula is C17H16Cl2N2O3S. The monoisotopic (exact) mass is 398 g/mol. The van der Waals surface area contributed by atoms with Crippen molar-refractivity contribution >= 4 is 52.7 Å². The van der Waals surface area contributed by atoms with E-state index in [9.17, 15) is 9.59 Å². The molecule has 0 radical (unpaired) electrons. The molecule has 1 heterocycles. The quantitative estimate of drug-likeness (QED) is 0.564. The summed E-state index contributed by atoms with van der Waals surface area (Å²) in [6, 6.07) is 8.56. The van der Waals surface area contributed by atoms with Crippen molar-refractivity contribution in [2.24, 2.45) is 0 Å². The van der Waals surface area contributed by atoms with Gasteiger partial charge in [0.25, 0.3) is 5.91 Å². The molecule has 5 nitrogen and oxygen atoms in total. The van der Waals surface area contributed by atoms with Crippen LogP contribution in [0.1, 0.15) is 24.2 Å². The number of nitrogens with zero attached hydrogens (tertiary/aromatic N) is 1. The van der Waals surface area contributed by atoms with Crippen molar-refractivity contribution < 1.29 is 14.3 Å². The van der Waals surface area contributed by atoms with E-state index < -0.39 is 18.0 Å². The second-order valence-corrected chi connectivity index (χ2v) is 7.10. The molecule has 1 atom stereocenters. The number of anilines is 1. The molecule has 0 bridgehead atoms. The Kier molecular flexibility index (Phi) is 7.11. The van der Waals surface area contributed by atoms with E-state index in [2.05, 4.69) is 10.3 Å². The first-order valence-electron chi connectivity index (χ1n) is 7.47. The number of halogens is 2. The summed E-state index contributed by atoms with van der Waals surface area (Å²) in [7, 11) is 0. The molecule has 1 aromatic carbocycles. The van der Waals surface area contributed by atoms with Crippen LogP contribution in [0.4, 0.5) is 5.82 Å². The average Bonchev–Trinajstić information content (AvgIpc) is 2.58. The van der Waals surface area contributed by atoms with Gasteiger partial charge >= 0.3 is 5.97 Å². The van der Waals surface area contributed by atoms with Gasteiger partial charge in [0.2, 0.25) is 0 Å². The number of thioether (sulfide) groups is 1. The van der Waals surface area contributed by atoms with Gasteiger partial charge in [-0.15, -0.1) is 11.8 Å². The molecule has 0 fully saturated rings. The number of nitrogens with one attached hydrogen (secondary N) is 1. The minimum absolute atomic E-state index is 0.154. The molecule has 132 valence electrons. The van der Waals surface area contributed by atoms with Crippen molar-refractivity contribution in [1.82, 2.24) is 4.98 Å². The molecule has 0 unspecified atom stereocenters. The summed E-state index contributed by atoms with van der Waals surface area (Å²) in [5.41, 5.74) is 0.427. The average molecular weight is 399 g/mol. The normalized spacial score (nSPS) is 11.7. The van der Waals surface area contributed by atoms with Crippen molar-refractivity contribution in [1.29, 1.82) is 0 Å². The predicted octanol–water partition coefficient (Wildman–Crippen LogP) is 4.68. The van der Waals surface area contributed by atoms with Crippen molar-refractivity contribution in [3.8, 4) is 0 Å². The fraction of sp³-hybridized carbons (Fsp3) is 0.235. The number of rotatable bonds is 6. The van der Waals surface area contributed by atoms with Crippen LogP contribution in [-0.2, 0) is 9.53 Å². The highest BCUT2D eigenvalue weighted by atomic mass is 35.5. The maximum absolute atomic E-state index is 12.3. The molecule has 0 saturated heterocycles. The van der Waals surface area contributed by atoms with E-state index in [-0.39, 0.29) is 10.8 Å². The number of carbonyl (C=O) groups excluding carboxylic acids is 2. The summed E-state index contributed by atoms with van der Waals surface area (Å²) < 4.78 is 5.26. The van der Waals surface area contributed by atoms with Crippen LogP contribution in [0, 0.1) is 0 Å². The van der Waals surface area contributed by atoms with Gasteiger partial charge in [0.05, 0.1) is 15.6 Å². The fourth-order valence-electron chi connectivity index (χ4n) is 1.92. The number of amides is 1. The number of esters is 1. The minimum atomic E-state index is -1.01. The SMILES string of the molecule is CCSc1ccccc1C(=O)O[C@H](C)C(=O)Nc1ncc(Cl)cc1Cl. The molecule has 1 amide bonds. The van der Waals surface area contributed by atoms with Gasteiger partial charge in [-0.05, 0) is 30.9 Å². The molecule has 1 aromatic heterocycles. The standard InChI is InChI=1S/C17H16Cl2N2O3S/c1-3-25-14-7-5-4-6-12(14)17(23)24-10(2)16(22)21-15-13(19)8-11(18)9-20-15/h4-10H,3H2,1-2H3,(H,20,21,22)/t10-/m1/s1. The molecule has 25 heavy (non-hydrogen) atoms. The second-order valence-electron chi connectivity index (χ2n) is 4.95. The van der Waals surface area contributed by atoms with E-state index in [1.807, 2.05) is 19.1 Å². The Labute approximate surface area is 160 Å². The largest absolute Gasteiger partial charge is 0.449 e. The Bertz CT molecular complexity index is 786. The molecule has 8 heteroatoms. The molecule has 0 saturated carbocycles. The van der Waals surface area contributed by atoms with Crippen LogP contribution in [0.15, 0.2) is 41.4 Å². The van der Waals surface area contributed by atoms with E-state index in [0.717, 1.165) is 10.6 Å². The molecule has 0 spiro atoms. The highest BCUT2D eigenvalue weighted by molar-refractivity contribution is 7.99. The molecular weight excluding hydrogens is 383 g/mol. The van der Waals surface area contributed by atoms with Gasteiger partial charge in [-0.1, -0.05) is 42.3 Å². The van der Waals surface area contributed by atoms with Gasteiger partial charge in [-0.3, -0.25) is 4.79 Å². The highest BCUT2D eigenvalue weighted by Crippen LogP contribution is 2.24. The zero-order valence-electron chi connectivity index (χ0n) is 13.6. The lowest BCUT2D eigenvalue weighted by molar-refractivity contribution is -0.123. The number of ether oxygens (including phenoxy) is 1. The molecule has 0 aliphatic carbocycles. The summed E-state index contributed by atoms with van der Waals surface area (Å²) in [5, 5.41) is 3.06. The smallest absolute Gasteiger partial charge is 0.340 e. The third kappa shape index (κ3) is 5.36. The van der Waals surface area contributed by atoms with E-state index in [1.165, 1.54) is 30.9 Å². The van der Waals surface area contributed by atoms with Crippen LogP contribution in [0.3, 0.4) is 0 Å². The van der Waals surface area contributed by atoms with Crippen molar-refractivity contribution in [3.05, 3.63) is 52.1 Å². The summed E-state index contributed by atoms with van der Waals surface area (Å²) in [4.78, 5) is 29.3. The van der Waals surface area contributed by atoms with Crippen LogP contribution in [0.5, 0.6) is 0 Å². The van der Waals surface area contributed by atoms with E-state index in [0.29, 0.717) is 10.6 Å². The third-order valence-corrected chi connectivity index (χ3v) is 4.56. The van der Waals surface area contributed by atoms with Gasteiger partial charge < -0.3 is 10.1 Å². The Balaban J connectivity index is 2.04. The number of carbonyl (C=O) groups is 2. The maximum atomic E-state index is 12.3. The Morgan fingerprint density at radius 2 is 2.04 bits per heavy atom. The van der Waals surface area contributed by atoms with Crippen LogP contribution in [0.2, 0.25) is 10.0 Å². The van der Waals surface area contributed by atoms with Crippen LogP contribution >= 0.6 is 35.0 Å². The second kappa shape index (κ2) is 9.08. The first-order chi connectivity index (χ1) is 11.9. The van der Waals surface area contributed by atoms with Crippen LogP contribution in [-0.4, -0.2) is 28.7 Å². The first kappa shape index (κ1) is 19.6. The van der Waals surface area contributed by atoms with Gasteiger partial charge in [0, 0.05) is 11.1 Å². The van der Waals surface area contributed by atoms with Crippen LogP contribution < -0.4 is 5.32 Å². The van der Waals surface area contributed by atoms with Crippen LogP contribution in [0.25, 0.3) is 0 Å². The molecule has 2 aromatic rings. The third-order valence-electron chi connectivity index (χ3n) is 3.11. The lowest BCUT2D eigenvalue weighted by atomic mass is 10.2. The topological polar surface area (TPSA) is 68.3 Å². The lowest BCUT2D eigenvalue weighted by Gasteiger charge is -2.15. The summed E-state index contributed by atoms with van der Waals surface area (Å²) in [6.45, 7) is 3.47. The predicted molar refractivity (Wildman–Crippen MR) is 101 cm³/mol. The fourth-order valence-corrected chi connectivity index (χ4v) is 3.14. The Morgan fingerprint density at radius 1 is 1.32 bits per heavy atom. The highest BCUT2D eigenvalue weighted by Gasteiger charge is 2.21. The molecule has 0 aliphatic heterocycles. The number of pyridine rings is 1. The number of benzene rings is 1. The Hall–Kier alpha value is -1.76. The summed E-state index contributed by atoms with van der Waals surface area (Å²) in [5.74, 6) is -0.123. The zero-order valence-corrected chi connectivity index (χ0v) is 15.9. The van der Waals surface area contributed by atoms with E-state index in [4.69, 9.17) is 27.9 Å². The lowest BCUT2D eigenvalue weighted by Crippen LogP contribution is -2.30. The van der Waals surface area contributed by atoms with Gasteiger partial charge in [-0.2, -0.15) is 0 Å². The molecule has 2 rings (SSSR count). The minimum Gasteiger partial charge on any atom is -0.449 e. The van der Waals surface area contributed by atoms with Gasteiger partial charge in [0.1, 0.15) is 0 Å². The number of hydrogen-bond acceptors (Lipinski definition) is 5. The van der Waals surface area contributed by atoms with Crippen molar-refractivity contribution in [3.63, 3.8) is 0 Å². The van der Waals surface area contributed by atoms with E-state index >= 15 is 0 Å². The van der Waals surface area contributed by atoms with Gasteiger partial charge in [0.15, 0.2) is 11.9 Å². The zero-order chi connectivity index (χ0) is 18.4. The molecule has 0 aliphatic rings. The summed E-state index contributed by atoms with van der Waals surface area (Å²) in [6.07, 6.45) is 0.346. The first-order valence-corrected chi connectivity index (χ1v) is 9.21. The summed E-state index contributed by atoms with van der Waals surface area (Å²) >= 11 is 13.3. The van der Waals surface area contributed by atoms with Crippen molar-refractivity contribution in [2.45, 2.75) is 24.8 Å². The number of hydrogen-bond donors (Lipinski definition) is 1. The van der Waals surface area contributed by atoms with Gasteiger partial charge in [-0.25, -0.2) is 9.78 Å². The van der Waals surface area contributed by atoms with E-state index in [1.54, 1.807) is 12.1 Å². The maximum Gasteiger partial charge on any atom is 0.340 e. The molecule has 1 N–H and O–H groups in total.